The summed E-state index contributed by atoms with van der Waals surface area (Å²) in [6.07, 6.45) is 4.06. The summed E-state index contributed by atoms with van der Waals surface area (Å²) in [4.78, 5) is 11.9. The zero-order valence-electron chi connectivity index (χ0n) is 18.4. The van der Waals surface area contributed by atoms with E-state index in [1.54, 1.807) is 20.3 Å². The number of benzene rings is 1. The molecule has 4 heterocycles. The first-order valence-corrected chi connectivity index (χ1v) is 11.4. The highest BCUT2D eigenvalue weighted by Gasteiger charge is 2.45. The maximum absolute atomic E-state index is 6.70. The average Bonchev–Trinajstić information content (AvgIpc) is 2.78. The Balaban J connectivity index is 1.66. The van der Waals surface area contributed by atoms with E-state index in [0.717, 1.165) is 61.4 Å². The Labute approximate surface area is 197 Å². The molecule has 168 valence electrons. The third kappa shape index (κ3) is 3.54. The van der Waals surface area contributed by atoms with Gasteiger partial charge in [0, 0.05) is 66.0 Å². The van der Waals surface area contributed by atoms with Crippen molar-refractivity contribution in [3.8, 4) is 22.8 Å². The fourth-order valence-corrected chi connectivity index (χ4v) is 5.44. The highest BCUT2D eigenvalue weighted by Crippen LogP contribution is 2.48. The van der Waals surface area contributed by atoms with Gasteiger partial charge in [-0.2, -0.15) is 0 Å². The lowest BCUT2D eigenvalue weighted by atomic mass is 9.73. The summed E-state index contributed by atoms with van der Waals surface area (Å²) in [6, 6.07) is 5.75. The molecule has 5 rings (SSSR count). The van der Waals surface area contributed by atoms with Crippen LogP contribution in [0, 0.1) is 12.3 Å². The standard InChI is InChI=1S/C24H25Cl2N3O3/c1-14-8-16-15(11-27-14)9-17(20-21(25)18(30-2)10-19(31-3)22(20)26)28-23(16)29-12-24(13-29)4-6-32-7-5-24/h8-11H,4-7,12-13H2,1-3H3. The summed E-state index contributed by atoms with van der Waals surface area (Å²) in [5, 5.41) is 2.86. The highest BCUT2D eigenvalue weighted by molar-refractivity contribution is 6.41. The van der Waals surface area contributed by atoms with Gasteiger partial charge >= 0.3 is 0 Å². The van der Waals surface area contributed by atoms with Crippen LogP contribution < -0.4 is 14.4 Å². The van der Waals surface area contributed by atoms with Crippen LogP contribution in [0.15, 0.2) is 24.4 Å². The number of pyridine rings is 2. The lowest BCUT2D eigenvalue weighted by Gasteiger charge is -2.53. The molecule has 2 saturated heterocycles. The van der Waals surface area contributed by atoms with E-state index in [-0.39, 0.29) is 0 Å². The molecule has 3 aromatic rings. The van der Waals surface area contributed by atoms with Gasteiger partial charge in [0.2, 0.25) is 0 Å². The van der Waals surface area contributed by atoms with E-state index in [9.17, 15) is 0 Å². The first kappa shape index (κ1) is 21.6. The van der Waals surface area contributed by atoms with Gasteiger partial charge in [0.15, 0.2) is 0 Å². The number of ether oxygens (including phenoxy) is 3. The molecule has 0 amide bonds. The van der Waals surface area contributed by atoms with Crippen molar-refractivity contribution in [3.05, 3.63) is 40.1 Å². The molecule has 32 heavy (non-hydrogen) atoms. The van der Waals surface area contributed by atoms with Gasteiger partial charge < -0.3 is 19.1 Å². The molecule has 0 radical (unpaired) electrons. The SMILES string of the molecule is COc1cc(OC)c(Cl)c(-c2cc3cnc(C)cc3c(N3CC4(CCOCC4)C3)n2)c1Cl. The third-order valence-electron chi connectivity index (χ3n) is 6.57. The number of hydrogen-bond donors (Lipinski definition) is 0. The van der Waals surface area contributed by atoms with E-state index in [1.807, 2.05) is 19.2 Å². The first-order chi connectivity index (χ1) is 15.4. The second-order valence-corrected chi connectivity index (χ2v) is 9.39. The molecule has 0 unspecified atom stereocenters. The Hall–Kier alpha value is -2.28. The molecule has 2 aromatic heterocycles. The number of methoxy groups -OCH3 is 2. The predicted molar refractivity (Wildman–Crippen MR) is 128 cm³/mol. The number of hydrogen-bond acceptors (Lipinski definition) is 6. The van der Waals surface area contributed by atoms with E-state index in [0.29, 0.717) is 38.2 Å². The van der Waals surface area contributed by atoms with Gasteiger partial charge in [0.25, 0.3) is 0 Å². The smallest absolute Gasteiger partial charge is 0.141 e. The van der Waals surface area contributed by atoms with Crippen LogP contribution in [0.3, 0.4) is 0 Å². The van der Waals surface area contributed by atoms with Crippen LogP contribution in [0.2, 0.25) is 10.0 Å². The van der Waals surface area contributed by atoms with Crippen LogP contribution in [0.5, 0.6) is 11.5 Å². The summed E-state index contributed by atoms with van der Waals surface area (Å²) in [7, 11) is 3.13. The Bertz CT molecular complexity index is 1160. The molecule has 0 atom stereocenters. The zero-order valence-corrected chi connectivity index (χ0v) is 19.9. The van der Waals surface area contributed by atoms with E-state index < -0.39 is 0 Å². The second-order valence-electron chi connectivity index (χ2n) is 8.63. The molecule has 1 aromatic carbocycles. The molecular weight excluding hydrogens is 449 g/mol. The maximum atomic E-state index is 6.70. The number of nitrogens with zero attached hydrogens (tertiary/aromatic N) is 3. The zero-order chi connectivity index (χ0) is 22.5. The van der Waals surface area contributed by atoms with Crippen molar-refractivity contribution < 1.29 is 14.2 Å². The Morgan fingerprint density at radius 3 is 2.28 bits per heavy atom. The number of fused-ring (bicyclic) bond motifs is 1. The van der Waals surface area contributed by atoms with Crippen LogP contribution in [-0.4, -0.2) is 50.5 Å². The van der Waals surface area contributed by atoms with Gasteiger partial charge in [-0.3, -0.25) is 4.98 Å². The molecule has 1 spiro atoms. The lowest BCUT2D eigenvalue weighted by Crippen LogP contribution is -2.58. The van der Waals surface area contributed by atoms with Crippen LogP contribution >= 0.6 is 23.2 Å². The van der Waals surface area contributed by atoms with E-state index in [1.165, 1.54) is 0 Å². The van der Waals surface area contributed by atoms with Crippen molar-refractivity contribution in [1.82, 2.24) is 9.97 Å². The Morgan fingerprint density at radius 2 is 1.66 bits per heavy atom. The summed E-state index contributed by atoms with van der Waals surface area (Å²) >= 11 is 13.4. The van der Waals surface area contributed by atoms with Crippen LogP contribution in [0.25, 0.3) is 22.0 Å². The second kappa shape index (κ2) is 8.25. The lowest BCUT2D eigenvalue weighted by molar-refractivity contribution is -0.000348. The Morgan fingerprint density at radius 1 is 1.00 bits per heavy atom. The highest BCUT2D eigenvalue weighted by atomic mass is 35.5. The van der Waals surface area contributed by atoms with Gasteiger partial charge in [-0.05, 0) is 31.9 Å². The predicted octanol–water partition coefficient (Wildman–Crippen LogP) is 5.55. The van der Waals surface area contributed by atoms with Gasteiger partial charge in [-0.15, -0.1) is 0 Å². The van der Waals surface area contributed by atoms with Crippen molar-refractivity contribution in [3.63, 3.8) is 0 Å². The molecule has 0 N–H and O–H groups in total. The molecule has 0 saturated carbocycles. The van der Waals surface area contributed by atoms with Crippen molar-refractivity contribution in [2.75, 3.05) is 45.4 Å². The molecule has 2 aliphatic heterocycles. The number of anilines is 1. The first-order valence-electron chi connectivity index (χ1n) is 10.7. The molecule has 2 aliphatic rings. The quantitative estimate of drug-likeness (QED) is 0.495. The van der Waals surface area contributed by atoms with E-state index in [2.05, 4.69) is 16.0 Å². The van der Waals surface area contributed by atoms with Gasteiger partial charge in [-0.1, -0.05) is 23.2 Å². The van der Waals surface area contributed by atoms with Crippen molar-refractivity contribution >= 4 is 39.8 Å². The van der Waals surface area contributed by atoms with Crippen LogP contribution in [0.1, 0.15) is 18.5 Å². The minimum atomic E-state index is 0.318. The number of halogens is 2. The van der Waals surface area contributed by atoms with E-state index >= 15 is 0 Å². The molecular formula is C24H25Cl2N3O3. The summed E-state index contributed by atoms with van der Waals surface area (Å²) in [6.45, 7) is 5.59. The normalized spacial score (nSPS) is 17.5. The summed E-state index contributed by atoms with van der Waals surface area (Å²) in [5.74, 6) is 1.89. The number of aromatic nitrogens is 2. The third-order valence-corrected chi connectivity index (χ3v) is 7.32. The largest absolute Gasteiger partial charge is 0.495 e. The molecule has 8 heteroatoms. The fourth-order valence-electron chi connectivity index (χ4n) is 4.75. The Kier molecular flexibility index (Phi) is 5.56. The maximum Gasteiger partial charge on any atom is 0.141 e. The van der Waals surface area contributed by atoms with Crippen molar-refractivity contribution in [2.45, 2.75) is 19.8 Å². The van der Waals surface area contributed by atoms with Gasteiger partial charge in [-0.25, -0.2) is 4.98 Å². The monoisotopic (exact) mass is 473 g/mol. The number of rotatable bonds is 4. The van der Waals surface area contributed by atoms with Gasteiger partial charge in [0.05, 0.1) is 30.0 Å². The molecule has 0 bridgehead atoms. The minimum Gasteiger partial charge on any atom is -0.495 e. The van der Waals surface area contributed by atoms with Crippen LogP contribution in [0.4, 0.5) is 5.82 Å². The molecule has 2 fully saturated rings. The molecule has 6 nitrogen and oxygen atoms in total. The van der Waals surface area contributed by atoms with E-state index in [4.69, 9.17) is 42.4 Å². The summed E-state index contributed by atoms with van der Waals surface area (Å²) in [5.41, 5.74) is 2.53. The van der Waals surface area contributed by atoms with Crippen molar-refractivity contribution in [1.29, 1.82) is 0 Å². The minimum absolute atomic E-state index is 0.318. The fraction of sp³-hybridized carbons (Fsp3) is 0.417. The topological polar surface area (TPSA) is 56.7 Å². The number of aryl methyl sites for hydroxylation is 1. The average molecular weight is 474 g/mol. The van der Waals surface area contributed by atoms with Crippen molar-refractivity contribution in [2.24, 2.45) is 5.41 Å². The summed E-state index contributed by atoms with van der Waals surface area (Å²) < 4.78 is 16.5. The molecule has 0 aliphatic carbocycles. The van der Waals surface area contributed by atoms with Gasteiger partial charge in [0.1, 0.15) is 17.3 Å². The van der Waals surface area contributed by atoms with Crippen LogP contribution in [-0.2, 0) is 4.74 Å².